The van der Waals surface area contributed by atoms with Crippen molar-refractivity contribution >= 4 is 39.2 Å². The Labute approximate surface area is 191 Å². The van der Waals surface area contributed by atoms with Crippen molar-refractivity contribution in [3.8, 4) is 5.75 Å². The lowest BCUT2D eigenvalue weighted by molar-refractivity contribution is 0.0188. The Morgan fingerprint density at radius 2 is 2.00 bits per heavy atom. The molecule has 0 spiro atoms. The summed E-state index contributed by atoms with van der Waals surface area (Å²) >= 11 is 3.59. The lowest BCUT2D eigenvalue weighted by atomic mass is 9.97. The van der Waals surface area contributed by atoms with Gasteiger partial charge in [0.25, 0.3) is 0 Å². The van der Waals surface area contributed by atoms with Crippen molar-refractivity contribution in [1.82, 2.24) is 19.5 Å². The SMILES string of the molecule is Cc1nc2c3c(c(NCC4CCN(C(=O)OC(C)(C)C)CC4)nn2c1Br)N(C)CCO3. The van der Waals surface area contributed by atoms with Crippen LogP contribution in [0.1, 0.15) is 39.3 Å². The molecule has 2 aliphatic rings. The molecule has 0 bridgehead atoms. The molecule has 0 aromatic carbocycles. The molecular formula is C21H31BrN6O3. The van der Waals surface area contributed by atoms with Crippen LogP contribution in [-0.4, -0.2) is 71.0 Å². The number of hydrogen-bond acceptors (Lipinski definition) is 7. The summed E-state index contributed by atoms with van der Waals surface area (Å²) in [4.78, 5) is 20.9. The van der Waals surface area contributed by atoms with Gasteiger partial charge in [-0.2, -0.15) is 0 Å². The number of anilines is 2. The fourth-order valence-corrected chi connectivity index (χ4v) is 4.32. The molecule has 2 aliphatic heterocycles. The first-order chi connectivity index (χ1) is 14.6. The van der Waals surface area contributed by atoms with E-state index in [1.54, 1.807) is 9.42 Å². The van der Waals surface area contributed by atoms with E-state index in [1.807, 2.05) is 27.7 Å². The van der Waals surface area contributed by atoms with Crippen molar-refractivity contribution in [2.24, 2.45) is 5.92 Å². The van der Waals surface area contributed by atoms with Gasteiger partial charge in [-0.1, -0.05) is 0 Å². The van der Waals surface area contributed by atoms with E-state index in [0.717, 1.165) is 59.1 Å². The third kappa shape index (κ3) is 4.53. The predicted octanol–water partition coefficient (Wildman–Crippen LogP) is 3.69. The van der Waals surface area contributed by atoms with Crippen LogP contribution in [0, 0.1) is 12.8 Å². The van der Waals surface area contributed by atoms with Crippen LogP contribution < -0.4 is 15.0 Å². The van der Waals surface area contributed by atoms with Gasteiger partial charge in [0, 0.05) is 26.7 Å². The number of aryl methyl sites for hydroxylation is 1. The maximum atomic E-state index is 12.3. The Balaban J connectivity index is 1.46. The second-order valence-electron chi connectivity index (χ2n) is 9.31. The second-order valence-corrected chi connectivity index (χ2v) is 10.1. The fourth-order valence-electron chi connectivity index (χ4n) is 3.99. The number of imidazole rings is 1. The lowest BCUT2D eigenvalue weighted by Gasteiger charge is -2.34. The van der Waals surface area contributed by atoms with Gasteiger partial charge in [0.15, 0.2) is 17.2 Å². The van der Waals surface area contributed by atoms with Gasteiger partial charge in [0.1, 0.15) is 22.5 Å². The van der Waals surface area contributed by atoms with E-state index in [-0.39, 0.29) is 6.09 Å². The van der Waals surface area contributed by atoms with E-state index in [1.165, 1.54) is 0 Å². The maximum absolute atomic E-state index is 12.3. The van der Waals surface area contributed by atoms with Gasteiger partial charge < -0.3 is 24.6 Å². The third-order valence-electron chi connectivity index (χ3n) is 5.68. The summed E-state index contributed by atoms with van der Waals surface area (Å²) in [5, 5.41) is 8.36. The molecule has 170 valence electrons. The van der Waals surface area contributed by atoms with Gasteiger partial charge in [0.2, 0.25) is 0 Å². The number of hydrogen-bond donors (Lipinski definition) is 1. The molecule has 1 fully saturated rings. The Morgan fingerprint density at radius 1 is 1.29 bits per heavy atom. The van der Waals surface area contributed by atoms with E-state index in [2.05, 4.69) is 38.2 Å². The normalized spacial score (nSPS) is 17.5. The first kappa shape index (κ1) is 22.0. The Hall–Kier alpha value is -2.23. The molecule has 2 aromatic rings. The van der Waals surface area contributed by atoms with Crippen LogP contribution in [0.15, 0.2) is 4.60 Å². The number of amides is 1. The van der Waals surface area contributed by atoms with Gasteiger partial charge in [-0.15, -0.1) is 5.10 Å². The quantitative estimate of drug-likeness (QED) is 0.696. The zero-order valence-corrected chi connectivity index (χ0v) is 20.5. The molecule has 2 aromatic heterocycles. The first-order valence-electron chi connectivity index (χ1n) is 10.8. The smallest absolute Gasteiger partial charge is 0.410 e. The largest absolute Gasteiger partial charge is 0.486 e. The van der Waals surface area contributed by atoms with Gasteiger partial charge in [-0.3, -0.25) is 0 Å². The van der Waals surface area contributed by atoms with E-state index in [4.69, 9.17) is 14.6 Å². The Bertz CT molecular complexity index is 978. The minimum absolute atomic E-state index is 0.223. The van der Waals surface area contributed by atoms with Crippen LogP contribution in [-0.2, 0) is 4.74 Å². The summed E-state index contributed by atoms with van der Waals surface area (Å²) in [5.74, 6) is 2.01. The molecule has 9 nitrogen and oxygen atoms in total. The third-order valence-corrected chi connectivity index (χ3v) is 6.59. The molecule has 0 aliphatic carbocycles. The highest BCUT2D eigenvalue weighted by molar-refractivity contribution is 9.10. The summed E-state index contributed by atoms with van der Waals surface area (Å²) in [6, 6.07) is 0. The molecular weight excluding hydrogens is 464 g/mol. The van der Waals surface area contributed by atoms with Crippen molar-refractivity contribution in [3.05, 3.63) is 10.3 Å². The van der Waals surface area contributed by atoms with Crippen molar-refractivity contribution in [1.29, 1.82) is 0 Å². The molecule has 1 N–H and O–H groups in total. The summed E-state index contributed by atoms with van der Waals surface area (Å²) in [5.41, 5.74) is 2.08. The lowest BCUT2D eigenvalue weighted by Crippen LogP contribution is -2.42. The van der Waals surface area contributed by atoms with Crippen LogP contribution in [0.5, 0.6) is 5.75 Å². The number of aromatic nitrogens is 3. The number of likely N-dealkylation sites (N-methyl/N-ethyl adjacent to an activating group) is 1. The maximum Gasteiger partial charge on any atom is 0.410 e. The number of rotatable bonds is 3. The number of piperidine rings is 1. The highest BCUT2D eigenvalue weighted by atomic mass is 79.9. The van der Waals surface area contributed by atoms with E-state index in [0.29, 0.717) is 25.6 Å². The zero-order chi connectivity index (χ0) is 22.3. The topological polar surface area (TPSA) is 84.2 Å². The first-order valence-corrected chi connectivity index (χ1v) is 11.6. The average molecular weight is 495 g/mol. The average Bonchev–Trinajstić information content (AvgIpc) is 3.00. The number of carbonyl (C=O) groups is 1. The van der Waals surface area contributed by atoms with Crippen molar-refractivity contribution in [3.63, 3.8) is 0 Å². The summed E-state index contributed by atoms with van der Waals surface area (Å²) in [7, 11) is 2.05. The highest BCUT2D eigenvalue weighted by Crippen LogP contribution is 2.40. The molecule has 0 saturated carbocycles. The molecule has 1 amide bonds. The predicted molar refractivity (Wildman–Crippen MR) is 123 cm³/mol. The van der Waals surface area contributed by atoms with E-state index >= 15 is 0 Å². The van der Waals surface area contributed by atoms with Crippen LogP contribution in [0.2, 0.25) is 0 Å². The van der Waals surface area contributed by atoms with Gasteiger partial charge >= 0.3 is 6.09 Å². The number of likely N-dealkylation sites (tertiary alicyclic amines) is 1. The van der Waals surface area contributed by atoms with Gasteiger partial charge in [0.05, 0.1) is 12.2 Å². The van der Waals surface area contributed by atoms with Gasteiger partial charge in [-0.25, -0.2) is 14.3 Å². The summed E-state index contributed by atoms with van der Waals surface area (Å²) in [6.07, 6.45) is 1.63. The molecule has 0 atom stereocenters. The molecule has 4 heterocycles. The monoisotopic (exact) mass is 494 g/mol. The van der Waals surface area contributed by atoms with Crippen LogP contribution in [0.3, 0.4) is 0 Å². The number of carbonyl (C=O) groups excluding carboxylic acids is 1. The van der Waals surface area contributed by atoms with E-state index < -0.39 is 5.60 Å². The standard InChI is InChI=1S/C21H31BrN6O3/c1-13-17(22)28-19(24-13)16-15(26(5)10-11-30-16)18(25-28)23-12-14-6-8-27(9-7-14)20(29)31-21(2,3)4/h14H,6-12H2,1-5H3,(H,23,25). The molecule has 10 heteroatoms. The highest BCUT2D eigenvalue weighted by Gasteiger charge is 2.29. The Kier molecular flexibility index (Phi) is 5.93. The van der Waals surface area contributed by atoms with Gasteiger partial charge in [-0.05, 0) is 62.4 Å². The minimum atomic E-state index is -0.465. The van der Waals surface area contributed by atoms with Crippen molar-refractivity contribution < 1.29 is 14.3 Å². The summed E-state index contributed by atoms with van der Waals surface area (Å²) < 4.78 is 14.1. The number of fused-ring (bicyclic) bond motifs is 3. The number of ether oxygens (including phenoxy) is 2. The molecule has 1 saturated heterocycles. The molecule has 0 unspecified atom stereocenters. The number of halogens is 1. The molecule has 0 radical (unpaired) electrons. The zero-order valence-electron chi connectivity index (χ0n) is 18.9. The number of nitrogens with one attached hydrogen (secondary N) is 1. The van der Waals surface area contributed by atoms with E-state index in [9.17, 15) is 4.79 Å². The molecule has 4 rings (SSSR count). The van der Waals surface area contributed by atoms with Crippen LogP contribution >= 0.6 is 15.9 Å². The summed E-state index contributed by atoms with van der Waals surface area (Å²) in [6.45, 7) is 11.3. The Morgan fingerprint density at radius 3 is 2.68 bits per heavy atom. The van der Waals surface area contributed by atoms with Crippen molar-refractivity contribution in [2.75, 3.05) is 50.1 Å². The van der Waals surface area contributed by atoms with Crippen molar-refractivity contribution in [2.45, 2.75) is 46.1 Å². The number of nitrogens with zero attached hydrogens (tertiary/aromatic N) is 5. The fraction of sp³-hybridized carbons (Fsp3) is 0.667. The molecule has 31 heavy (non-hydrogen) atoms. The van der Waals surface area contributed by atoms with Crippen LogP contribution in [0.25, 0.3) is 5.65 Å². The second kappa shape index (κ2) is 8.37. The minimum Gasteiger partial charge on any atom is -0.486 e. The van der Waals surface area contributed by atoms with Crippen LogP contribution in [0.4, 0.5) is 16.3 Å².